The number of fused-ring (bicyclic) bond motifs is 8. The first-order chi connectivity index (χ1) is 24.6. The van der Waals surface area contributed by atoms with Gasteiger partial charge in [-0.05, 0) is 151 Å². The Morgan fingerprint density at radius 3 is 1.15 bits per heavy atom. The molecule has 52 heavy (non-hydrogen) atoms. The molecule has 0 spiro atoms. The maximum Gasteiger partial charge on any atom is 0.0846 e. The van der Waals surface area contributed by atoms with Crippen LogP contribution in [0.4, 0.5) is 0 Å². The molecule has 0 unspecified atom stereocenters. The van der Waals surface area contributed by atoms with Crippen LogP contribution in [0.2, 0.25) is 0 Å². The smallest absolute Gasteiger partial charge is 0.0846 e. The second kappa shape index (κ2) is 10.8. The molecule has 0 bridgehead atoms. The molecule has 0 radical (unpaired) electrons. The fraction of sp³-hybridized carbons (Fsp3) is 0.240. The minimum Gasteiger partial charge on any atom is -0.386 e. The zero-order chi connectivity index (χ0) is 36.5. The van der Waals surface area contributed by atoms with Crippen LogP contribution in [0.15, 0.2) is 121 Å². The summed E-state index contributed by atoms with van der Waals surface area (Å²) in [7, 11) is 0. The van der Waals surface area contributed by atoms with E-state index in [0.29, 0.717) is 0 Å². The molecular formula is C50H46O2. The third kappa shape index (κ3) is 4.64. The standard InChI is InChI=1S/C50H46O2/c1-47(2)41-25-31(45-33-15-11-9-13-29(33)19-23-39(45)49(5,6)51)17-21-35(41)37-28-44-38(27-43(37)47)36-22-18-32(26-42(36)48(44,3)4)46-34-16-12-10-14-30(34)20-24-40(46)50(7,8)52/h9-28,51-52H,1-8H3. The van der Waals surface area contributed by atoms with E-state index in [9.17, 15) is 10.2 Å². The minimum atomic E-state index is -0.986. The van der Waals surface area contributed by atoms with Crippen LogP contribution in [-0.2, 0) is 22.0 Å². The van der Waals surface area contributed by atoms with Crippen molar-refractivity contribution in [3.05, 3.63) is 155 Å². The van der Waals surface area contributed by atoms with E-state index in [4.69, 9.17) is 0 Å². The molecule has 2 heteroatoms. The molecule has 258 valence electrons. The Balaban J connectivity index is 1.19. The van der Waals surface area contributed by atoms with E-state index in [1.807, 2.05) is 27.7 Å². The van der Waals surface area contributed by atoms with E-state index in [0.717, 1.165) is 44.2 Å². The van der Waals surface area contributed by atoms with E-state index in [-0.39, 0.29) is 10.8 Å². The second-order valence-electron chi connectivity index (χ2n) is 17.3. The van der Waals surface area contributed by atoms with Crippen molar-refractivity contribution >= 4 is 21.5 Å². The average Bonchev–Trinajstić information content (AvgIpc) is 3.47. The Morgan fingerprint density at radius 2 is 0.769 bits per heavy atom. The molecule has 2 nitrogen and oxygen atoms in total. The molecule has 0 fully saturated rings. The third-order valence-corrected chi connectivity index (χ3v) is 12.2. The molecule has 2 aliphatic rings. The number of hydrogen-bond acceptors (Lipinski definition) is 2. The van der Waals surface area contributed by atoms with Crippen LogP contribution in [-0.4, -0.2) is 10.2 Å². The Morgan fingerprint density at radius 1 is 0.404 bits per heavy atom. The fourth-order valence-corrected chi connectivity index (χ4v) is 9.46. The largest absolute Gasteiger partial charge is 0.386 e. The zero-order valence-corrected chi connectivity index (χ0v) is 31.4. The Kier molecular flexibility index (Phi) is 6.80. The zero-order valence-electron chi connectivity index (χ0n) is 31.4. The lowest BCUT2D eigenvalue weighted by atomic mass is 9.78. The molecule has 0 amide bonds. The summed E-state index contributed by atoms with van der Waals surface area (Å²) in [6, 6.07) is 44.2. The highest BCUT2D eigenvalue weighted by molar-refractivity contribution is 6.01. The van der Waals surface area contributed by atoms with Crippen LogP contribution >= 0.6 is 0 Å². The van der Waals surface area contributed by atoms with Crippen LogP contribution in [0.5, 0.6) is 0 Å². The van der Waals surface area contributed by atoms with Crippen molar-refractivity contribution < 1.29 is 10.2 Å². The topological polar surface area (TPSA) is 40.5 Å². The Hall–Kier alpha value is -5.02. The highest BCUT2D eigenvalue weighted by Crippen LogP contribution is 2.57. The average molecular weight is 679 g/mol. The number of benzene rings is 7. The lowest BCUT2D eigenvalue weighted by molar-refractivity contribution is 0.0787. The summed E-state index contributed by atoms with van der Waals surface area (Å²) in [5, 5.41) is 27.3. The summed E-state index contributed by atoms with van der Waals surface area (Å²) >= 11 is 0. The van der Waals surface area contributed by atoms with Crippen molar-refractivity contribution in [1.82, 2.24) is 0 Å². The predicted octanol–water partition coefficient (Wildman–Crippen LogP) is 12.4. The van der Waals surface area contributed by atoms with Gasteiger partial charge in [-0.3, -0.25) is 0 Å². The lowest BCUT2D eigenvalue weighted by Gasteiger charge is -2.26. The third-order valence-electron chi connectivity index (χ3n) is 12.2. The number of hydrogen-bond donors (Lipinski definition) is 2. The molecule has 9 rings (SSSR count). The van der Waals surface area contributed by atoms with Gasteiger partial charge in [0.15, 0.2) is 0 Å². The van der Waals surface area contributed by atoms with E-state index in [1.165, 1.54) is 55.3 Å². The van der Waals surface area contributed by atoms with Gasteiger partial charge in [-0.25, -0.2) is 0 Å². The molecule has 0 atom stereocenters. The number of aliphatic hydroxyl groups is 2. The summed E-state index contributed by atoms with van der Waals surface area (Å²) < 4.78 is 0. The first kappa shape index (κ1) is 32.9. The Labute approximate surface area is 307 Å². The SMILES string of the molecule is CC(C)(O)c1ccc2ccccc2c1-c1ccc2c(c1)C(C)(C)c1cc3c(cc1-2)C(C)(C)c1cc(-c2c(C(C)(C)O)ccc4ccccc24)ccc1-3. The quantitative estimate of drug-likeness (QED) is 0.194. The molecule has 2 N–H and O–H groups in total. The van der Waals surface area contributed by atoms with Gasteiger partial charge in [0, 0.05) is 10.8 Å². The normalized spacial score (nSPS) is 15.4. The van der Waals surface area contributed by atoms with Gasteiger partial charge in [0.1, 0.15) is 0 Å². The molecule has 0 aliphatic heterocycles. The first-order valence-corrected chi connectivity index (χ1v) is 18.6. The lowest BCUT2D eigenvalue weighted by Crippen LogP contribution is -2.18. The number of rotatable bonds is 4. The van der Waals surface area contributed by atoms with Crippen LogP contribution in [0.25, 0.3) is 66.1 Å². The molecule has 0 heterocycles. The van der Waals surface area contributed by atoms with Gasteiger partial charge >= 0.3 is 0 Å². The monoisotopic (exact) mass is 678 g/mol. The molecule has 0 saturated carbocycles. The van der Waals surface area contributed by atoms with E-state index < -0.39 is 11.2 Å². The van der Waals surface area contributed by atoms with Crippen LogP contribution < -0.4 is 0 Å². The second-order valence-corrected chi connectivity index (χ2v) is 17.3. The maximum absolute atomic E-state index is 11.3. The van der Waals surface area contributed by atoms with Crippen molar-refractivity contribution in [2.24, 2.45) is 0 Å². The van der Waals surface area contributed by atoms with Crippen molar-refractivity contribution in [2.45, 2.75) is 77.4 Å². The van der Waals surface area contributed by atoms with Crippen LogP contribution in [0.3, 0.4) is 0 Å². The molecule has 0 saturated heterocycles. The maximum atomic E-state index is 11.3. The van der Waals surface area contributed by atoms with Crippen molar-refractivity contribution in [3.63, 3.8) is 0 Å². The summed E-state index contributed by atoms with van der Waals surface area (Å²) in [6.07, 6.45) is 0. The molecule has 7 aromatic carbocycles. The molecule has 0 aromatic heterocycles. The Bertz CT molecular complexity index is 2450. The predicted molar refractivity (Wildman–Crippen MR) is 218 cm³/mol. The van der Waals surface area contributed by atoms with Gasteiger partial charge in [-0.2, -0.15) is 0 Å². The van der Waals surface area contributed by atoms with Crippen molar-refractivity contribution in [2.75, 3.05) is 0 Å². The van der Waals surface area contributed by atoms with Gasteiger partial charge in [0.25, 0.3) is 0 Å². The van der Waals surface area contributed by atoms with Gasteiger partial charge < -0.3 is 10.2 Å². The van der Waals surface area contributed by atoms with Crippen molar-refractivity contribution in [3.8, 4) is 44.5 Å². The van der Waals surface area contributed by atoms with Crippen LogP contribution in [0, 0.1) is 0 Å². The van der Waals surface area contributed by atoms with Crippen molar-refractivity contribution in [1.29, 1.82) is 0 Å². The fourth-order valence-electron chi connectivity index (χ4n) is 9.46. The van der Waals surface area contributed by atoms with Crippen LogP contribution in [0.1, 0.15) is 88.8 Å². The summed E-state index contributed by atoms with van der Waals surface area (Å²) in [4.78, 5) is 0. The summed E-state index contributed by atoms with van der Waals surface area (Å²) in [6.45, 7) is 17.0. The van der Waals surface area contributed by atoms with Gasteiger partial charge in [-0.1, -0.05) is 125 Å². The molecule has 2 aliphatic carbocycles. The minimum absolute atomic E-state index is 0.216. The first-order valence-electron chi connectivity index (χ1n) is 18.6. The molecule has 7 aromatic rings. The van der Waals surface area contributed by atoms with Gasteiger partial charge in [0.2, 0.25) is 0 Å². The van der Waals surface area contributed by atoms with Gasteiger partial charge in [-0.15, -0.1) is 0 Å². The van der Waals surface area contributed by atoms with E-state index in [1.54, 1.807) is 0 Å². The highest BCUT2D eigenvalue weighted by atomic mass is 16.3. The van der Waals surface area contributed by atoms with E-state index >= 15 is 0 Å². The highest BCUT2D eigenvalue weighted by Gasteiger charge is 2.42. The molecular weight excluding hydrogens is 633 g/mol. The van der Waals surface area contributed by atoms with E-state index in [2.05, 4.69) is 149 Å². The summed E-state index contributed by atoms with van der Waals surface area (Å²) in [5.41, 5.74) is 14.5. The van der Waals surface area contributed by atoms with Gasteiger partial charge in [0.05, 0.1) is 11.2 Å². The summed E-state index contributed by atoms with van der Waals surface area (Å²) in [5.74, 6) is 0.